The predicted octanol–water partition coefficient (Wildman–Crippen LogP) is 3.46. The lowest BCUT2D eigenvalue weighted by atomic mass is 10.0. The van der Waals surface area contributed by atoms with E-state index in [4.69, 9.17) is 10.3 Å². The molecule has 1 atom stereocenters. The van der Waals surface area contributed by atoms with Crippen LogP contribution in [0, 0.1) is 11.6 Å². The zero-order valence-corrected chi connectivity index (χ0v) is 11.1. The van der Waals surface area contributed by atoms with Crippen LogP contribution in [-0.2, 0) is 6.42 Å². The number of furan rings is 1. The number of benzene rings is 2. The van der Waals surface area contributed by atoms with Crippen LogP contribution >= 0.6 is 0 Å². The molecule has 3 aromatic rings. The summed E-state index contributed by atoms with van der Waals surface area (Å²) in [5, 5.41) is 0.671. The lowest BCUT2D eigenvalue weighted by Crippen LogP contribution is -2.29. The molecule has 5 heteroatoms. The molecular weight excluding hydrogens is 274 g/mol. The summed E-state index contributed by atoms with van der Waals surface area (Å²) in [6, 6.07) is 12.4. The Balaban J connectivity index is 1.93. The highest BCUT2D eigenvalue weighted by Gasteiger charge is 2.17. The number of nitrogens with one attached hydrogen (secondary N) is 1. The van der Waals surface area contributed by atoms with E-state index in [0.29, 0.717) is 17.6 Å². The number of fused-ring (bicyclic) bond motifs is 1. The first-order valence-corrected chi connectivity index (χ1v) is 6.56. The molecule has 3 nitrogen and oxygen atoms in total. The summed E-state index contributed by atoms with van der Waals surface area (Å²) in [5.41, 5.74) is 3.61. The van der Waals surface area contributed by atoms with E-state index in [0.717, 1.165) is 5.56 Å². The van der Waals surface area contributed by atoms with Gasteiger partial charge in [-0.25, -0.2) is 14.2 Å². The van der Waals surface area contributed by atoms with Gasteiger partial charge >= 0.3 is 0 Å². The van der Waals surface area contributed by atoms with Crippen LogP contribution in [-0.4, -0.2) is 0 Å². The topological polar surface area (TPSA) is 51.2 Å². The number of hydrogen-bond acceptors (Lipinski definition) is 3. The minimum Gasteiger partial charge on any atom is -0.456 e. The molecule has 108 valence electrons. The van der Waals surface area contributed by atoms with Gasteiger partial charge in [0.25, 0.3) is 0 Å². The van der Waals surface area contributed by atoms with E-state index in [2.05, 4.69) is 5.43 Å². The van der Waals surface area contributed by atoms with Crippen LogP contribution in [0.2, 0.25) is 0 Å². The Kier molecular flexibility index (Phi) is 3.68. The van der Waals surface area contributed by atoms with E-state index in [1.807, 2.05) is 0 Å². The lowest BCUT2D eigenvalue weighted by molar-refractivity contribution is 0.427. The number of halogens is 2. The second-order valence-corrected chi connectivity index (χ2v) is 4.86. The number of para-hydroxylation sites is 1. The van der Waals surface area contributed by atoms with Crippen molar-refractivity contribution in [3.63, 3.8) is 0 Å². The van der Waals surface area contributed by atoms with Gasteiger partial charge in [0.05, 0.1) is 6.04 Å². The van der Waals surface area contributed by atoms with Crippen molar-refractivity contribution in [1.82, 2.24) is 5.43 Å². The fraction of sp³-hybridized carbons (Fsp3) is 0.125. The fourth-order valence-electron chi connectivity index (χ4n) is 2.36. The van der Waals surface area contributed by atoms with Crippen molar-refractivity contribution >= 4 is 11.0 Å². The number of rotatable bonds is 4. The maximum Gasteiger partial charge on any atom is 0.169 e. The second kappa shape index (κ2) is 5.63. The summed E-state index contributed by atoms with van der Waals surface area (Å²) in [6.45, 7) is 0. The minimum absolute atomic E-state index is 0.201. The van der Waals surface area contributed by atoms with E-state index in [-0.39, 0.29) is 17.4 Å². The second-order valence-electron chi connectivity index (χ2n) is 4.86. The van der Waals surface area contributed by atoms with Gasteiger partial charge in [-0.05, 0) is 36.2 Å². The Labute approximate surface area is 120 Å². The zero-order valence-electron chi connectivity index (χ0n) is 11.1. The predicted molar refractivity (Wildman–Crippen MR) is 76.3 cm³/mol. The Morgan fingerprint density at radius 3 is 2.62 bits per heavy atom. The van der Waals surface area contributed by atoms with Gasteiger partial charge in [-0.15, -0.1) is 0 Å². The molecule has 0 spiro atoms. The van der Waals surface area contributed by atoms with Gasteiger partial charge < -0.3 is 4.42 Å². The molecule has 1 aromatic heterocycles. The number of hydrogen-bond donors (Lipinski definition) is 2. The summed E-state index contributed by atoms with van der Waals surface area (Å²) in [4.78, 5) is 0. The molecular formula is C16H14F2N2O. The van der Waals surface area contributed by atoms with E-state index in [9.17, 15) is 8.78 Å². The first-order chi connectivity index (χ1) is 10.2. The highest BCUT2D eigenvalue weighted by molar-refractivity contribution is 5.78. The molecule has 0 bridgehead atoms. The Bertz CT molecular complexity index is 770. The van der Waals surface area contributed by atoms with Crippen LogP contribution in [0.4, 0.5) is 8.78 Å². The maximum atomic E-state index is 13.7. The lowest BCUT2D eigenvalue weighted by Gasteiger charge is -2.13. The molecule has 0 amide bonds. The molecule has 1 unspecified atom stereocenters. The minimum atomic E-state index is -0.416. The summed E-state index contributed by atoms with van der Waals surface area (Å²) < 4.78 is 32.4. The monoisotopic (exact) mass is 288 g/mol. The Morgan fingerprint density at radius 1 is 1.10 bits per heavy atom. The first kappa shape index (κ1) is 13.7. The number of hydrazine groups is 1. The van der Waals surface area contributed by atoms with Crippen LogP contribution in [0.15, 0.2) is 52.9 Å². The Morgan fingerprint density at radius 2 is 1.90 bits per heavy atom. The van der Waals surface area contributed by atoms with E-state index < -0.39 is 5.82 Å². The molecule has 0 aliphatic heterocycles. The maximum absolute atomic E-state index is 13.7. The van der Waals surface area contributed by atoms with E-state index >= 15 is 0 Å². The molecule has 21 heavy (non-hydrogen) atoms. The van der Waals surface area contributed by atoms with Crippen molar-refractivity contribution in [3.8, 4) is 0 Å². The van der Waals surface area contributed by atoms with Crippen LogP contribution in [0.1, 0.15) is 17.4 Å². The largest absolute Gasteiger partial charge is 0.456 e. The molecule has 0 saturated carbocycles. The molecule has 2 aromatic carbocycles. The average Bonchev–Trinajstić information content (AvgIpc) is 2.90. The molecule has 0 aliphatic rings. The molecule has 1 heterocycles. The van der Waals surface area contributed by atoms with Gasteiger partial charge in [0.2, 0.25) is 0 Å². The zero-order chi connectivity index (χ0) is 14.8. The standard InChI is InChI=1S/C16H14F2N2O/c17-12-5-1-3-10(7-12)8-14(20-19)15-9-11-4-2-6-13(18)16(11)21-15/h1-7,9,14,20H,8,19H2. The summed E-state index contributed by atoms with van der Waals surface area (Å²) in [5.74, 6) is 5.35. The molecule has 0 aliphatic carbocycles. The van der Waals surface area contributed by atoms with Gasteiger partial charge in [0.15, 0.2) is 11.4 Å². The normalized spacial score (nSPS) is 12.7. The first-order valence-electron chi connectivity index (χ1n) is 6.56. The van der Waals surface area contributed by atoms with Gasteiger partial charge in [-0.3, -0.25) is 5.84 Å². The number of nitrogens with two attached hydrogens (primary N) is 1. The van der Waals surface area contributed by atoms with Crippen molar-refractivity contribution in [1.29, 1.82) is 0 Å². The van der Waals surface area contributed by atoms with Gasteiger partial charge in [0, 0.05) is 5.39 Å². The van der Waals surface area contributed by atoms with Gasteiger partial charge in [-0.1, -0.05) is 24.3 Å². The quantitative estimate of drug-likeness (QED) is 0.571. The summed E-state index contributed by atoms with van der Waals surface area (Å²) >= 11 is 0. The summed E-state index contributed by atoms with van der Waals surface area (Å²) in [6.07, 6.45) is 0.440. The Hall–Kier alpha value is -2.24. The van der Waals surface area contributed by atoms with Gasteiger partial charge in [-0.2, -0.15) is 0 Å². The van der Waals surface area contributed by atoms with Crippen molar-refractivity contribution in [2.45, 2.75) is 12.5 Å². The SMILES string of the molecule is NNC(Cc1cccc(F)c1)c1cc2cccc(F)c2o1. The highest BCUT2D eigenvalue weighted by atomic mass is 19.1. The average molecular weight is 288 g/mol. The van der Waals surface area contributed by atoms with E-state index in [1.165, 1.54) is 18.2 Å². The van der Waals surface area contributed by atoms with Crippen molar-refractivity contribution in [2.75, 3.05) is 0 Å². The highest BCUT2D eigenvalue weighted by Crippen LogP contribution is 2.27. The third kappa shape index (κ3) is 2.79. The van der Waals surface area contributed by atoms with E-state index in [1.54, 1.807) is 30.3 Å². The van der Waals surface area contributed by atoms with Crippen LogP contribution in [0.25, 0.3) is 11.0 Å². The van der Waals surface area contributed by atoms with Crippen molar-refractivity contribution in [3.05, 3.63) is 71.5 Å². The van der Waals surface area contributed by atoms with Crippen LogP contribution in [0.5, 0.6) is 0 Å². The van der Waals surface area contributed by atoms with Gasteiger partial charge in [0.1, 0.15) is 11.6 Å². The molecule has 0 saturated heterocycles. The smallest absolute Gasteiger partial charge is 0.169 e. The molecule has 3 rings (SSSR count). The van der Waals surface area contributed by atoms with Crippen molar-refractivity contribution < 1.29 is 13.2 Å². The molecule has 0 fully saturated rings. The third-order valence-electron chi connectivity index (χ3n) is 3.39. The van der Waals surface area contributed by atoms with Crippen molar-refractivity contribution in [2.24, 2.45) is 5.84 Å². The van der Waals surface area contributed by atoms with Crippen LogP contribution in [0.3, 0.4) is 0 Å². The fourth-order valence-corrected chi connectivity index (χ4v) is 2.36. The molecule has 3 N–H and O–H groups in total. The molecule has 0 radical (unpaired) electrons. The van der Waals surface area contributed by atoms with Crippen LogP contribution < -0.4 is 11.3 Å². The third-order valence-corrected chi connectivity index (χ3v) is 3.39. The summed E-state index contributed by atoms with van der Waals surface area (Å²) in [7, 11) is 0.